The molecule has 4 heteroatoms. The van der Waals surface area contributed by atoms with Crippen LogP contribution in [0.25, 0.3) is 11.1 Å². The van der Waals surface area contributed by atoms with Gasteiger partial charge in [0.05, 0.1) is 5.52 Å². The number of aryl methyl sites for hydroxylation is 1. The Hall–Kier alpha value is -1.84. The van der Waals surface area contributed by atoms with E-state index in [4.69, 9.17) is 4.42 Å². The molecule has 1 aromatic heterocycles. The van der Waals surface area contributed by atoms with Crippen LogP contribution in [0.3, 0.4) is 0 Å². The molecular formula is C17H23NO3. The van der Waals surface area contributed by atoms with Crippen LogP contribution in [0.1, 0.15) is 56.8 Å². The molecular weight excluding hydrogens is 266 g/mol. The summed E-state index contributed by atoms with van der Waals surface area (Å²) in [4.78, 5) is 24.3. The molecule has 0 aliphatic carbocycles. The molecule has 0 radical (unpaired) electrons. The number of aromatic nitrogens is 1. The number of nitrogens with zero attached hydrogens (tertiary/aromatic N) is 1. The smallest absolute Gasteiger partial charge is 0.408 e. The van der Waals surface area contributed by atoms with E-state index in [2.05, 4.69) is 13.8 Å². The van der Waals surface area contributed by atoms with E-state index in [1.807, 2.05) is 19.1 Å². The fraction of sp³-hybridized carbons (Fsp3) is 0.529. The van der Waals surface area contributed by atoms with Crippen LogP contribution in [-0.2, 0) is 6.54 Å². The Kier molecular flexibility index (Phi) is 4.99. The lowest BCUT2D eigenvalue weighted by Crippen LogP contribution is -2.14. The molecule has 0 aliphatic rings. The molecule has 2 rings (SSSR count). The van der Waals surface area contributed by atoms with Gasteiger partial charge in [0.25, 0.3) is 0 Å². The van der Waals surface area contributed by atoms with Gasteiger partial charge in [-0.1, -0.05) is 26.7 Å². The maximum Gasteiger partial charge on any atom is 0.419 e. The van der Waals surface area contributed by atoms with Crippen molar-refractivity contribution in [1.82, 2.24) is 4.57 Å². The van der Waals surface area contributed by atoms with Gasteiger partial charge in [0.15, 0.2) is 11.4 Å². The predicted octanol–water partition coefficient (Wildman–Crippen LogP) is 4.01. The molecule has 0 spiro atoms. The Morgan fingerprint density at radius 2 is 1.86 bits per heavy atom. The van der Waals surface area contributed by atoms with Crippen LogP contribution < -0.4 is 5.76 Å². The van der Waals surface area contributed by atoms with Gasteiger partial charge in [0.1, 0.15) is 0 Å². The largest absolute Gasteiger partial charge is 0.419 e. The van der Waals surface area contributed by atoms with Crippen molar-refractivity contribution >= 4 is 16.9 Å². The number of ketones is 1. The number of benzene rings is 1. The first-order valence-electron chi connectivity index (χ1n) is 7.79. The SMILES string of the molecule is CCCC(CCC)C(=O)c1ccc2c(c1)oc(=O)n2CC. The number of hydrogen-bond donors (Lipinski definition) is 0. The van der Waals surface area contributed by atoms with Crippen molar-refractivity contribution in [2.75, 3.05) is 0 Å². The lowest BCUT2D eigenvalue weighted by atomic mass is 9.90. The summed E-state index contributed by atoms with van der Waals surface area (Å²) in [6.07, 6.45) is 3.81. The summed E-state index contributed by atoms with van der Waals surface area (Å²) < 4.78 is 6.80. The number of rotatable bonds is 7. The third-order valence-corrected chi connectivity index (χ3v) is 3.91. The molecule has 0 unspecified atom stereocenters. The fourth-order valence-corrected chi connectivity index (χ4v) is 2.86. The van der Waals surface area contributed by atoms with Crippen molar-refractivity contribution in [2.24, 2.45) is 5.92 Å². The molecule has 1 aromatic carbocycles. The average Bonchev–Trinajstić information content (AvgIpc) is 2.80. The van der Waals surface area contributed by atoms with Gasteiger partial charge in [-0.25, -0.2) is 4.79 Å². The maximum absolute atomic E-state index is 12.6. The number of carbonyl (C=O) groups excluding carboxylic acids is 1. The Morgan fingerprint density at radius 1 is 1.19 bits per heavy atom. The highest BCUT2D eigenvalue weighted by molar-refractivity contribution is 6.00. The van der Waals surface area contributed by atoms with E-state index in [1.54, 1.807) is 10.6 Å². The molecule has 1 heterocycles. The van der Waals surface area contributed by atoms with E-state index >= 15 is 0 Å². The van der Waals surface area contributed by atoms with Crippen molar-refractivity contribution in [3.05, 3.63) is 34.3 Å². The second-order valence-corrected chi connectivity index (χ2v) is 5.43. The maximum atomic E-state index is 12.6. The van der Waals surface area contributed by atoms with Gasteiger partial charge < -0.3 is 4.42 Å². The van der Waals surface area contributed by atoms with Crippen LogP contribution in [0.4, 0.5) is 0 Å². The van der Waals surface area contributed by atoms with Gasteiger partial charge in [-0.2, -0.15) is 0 Å². The van der Waals surface area contributed by atoms with E-state index in [0.29, 0.717) is 17.7 Å². The zero-order valence-corrected chi connectivity index (χ0v) is 13.0. The lowest BCUT2D eigenvalue weighted by molar-refractivity contribution is 0.0905. The van der Waals surface area contributed by atoms with Crippen LogP contribution in [0, 0.1) is 5.92 Å². The van der Waals surface area contributed by atoms with Crippen LogP contribution >= 0.6 is 0 Å². The summed E-state index contributed by atoms with van der Waals surface area (Å²) in [5.74, 6) is -0.138. The summed E-state index contributed by atoms with van der Waals surface area (Å²) in [7, 11) is 0. The summed E-state index contributed by atoms with van der Waals surface area (Å²) in [6, 6.07) is 5.33. The third kappa shape index (κ3) is 3.09. The molecule has 0 atom stereocenters. The number of carbonyl (C=O) groups is 1. The standard InChI is InChI=1S/C17H23NO3/c1-4-7-12(8-5-2)16(19)13-9-10-14-15(11-13)21-17(20)18(14)6-3/h9-12H,4-8H2,1-3H3. The van der Waals surface area contributed by atoms with Crippen LogP contribution in [0.5, 0.6) is 0 Å². The predicted molar refractivity (Wildman–Crippen MR) is 83.8 cm³/mol. The molecule has 0 bridgehead atoms. The number of Topliss-reactive ketones (excluding diaryl/α,β-unsaturated/α-hetero) is 1. The normalized spacial score (nSPS) is 11.4. The monoisotopic (exact) mass is 289 g/mol. The van der Waals surface area contributed by atoms with E-state index in [0.717, 1.165) is 31.2 Å². The molecule has 4 nitrogen and oxygen atoms in total. The molecule has 0 aliphatic heterocycles. The average molecular weight is 289 g/mol. The van der Waals surface area contributed by atoms with E-state index < -0.39 is 0 Å². The fourth-order valence-electron chi connectivity index (χ4n) is 2.86. The molecule has 0 N–H and O–H groups in total. The van der Waals surface area contributed by atoms with Crippen molar-refractivity contribution in [3.8, 4) is 0 Å². The number of oxazole rings is 1. The first kappa shape index (κ1) is 15.5. The Morgan fingerprint density at radius 3 is 2.43 bits per heavy atom. The quantitative estimate of drug-likeness (QED) is 0.723. The highest BCUT2D eigenvalue weighted by Crippen LogP contribution is 2.22. The number of hydrogen-bond acceptors (Lipinski definition) is 3. The van der Waals surface area contributed by atoms with Gasteiger partial charge in [-0.05, 0) is 38.0 Å². The minimum Gasteiger partial charge on any atom is -0.408 e. The highest BCUT2D eigenvalue weighted by atomic mass is 16.4. The topological polar surface area (TPSA) is 52.2 Å². The van der Waals surface area contributed by atoms with E-state index in [1.165, 1.54) is 0 Å². The van der Waals surface area contributed by atoms with E-state index in [-0.39, 0.29) is 17.5 Å². The van der Waals surface area contributed by atoms with Crippen molar-refractivity contribution < 1.29 is 9.21 Å². The highest BCUT2D eigenvalue weighted by Gasteiger charge is 2.20. The van der Waals surface area contributed by atoms with Crippen LogP contribution in [-0.4, -0.2) is 10.4 Å². The first-order valence-corrected chi connectivity index (χ1v) is 7.79. The van der Waals surface area contributed by atoms with Gasteiger partial charge in [-0.3, -0.25) is 9.36 Å². The minimum atomic E-state index is -0.365. The molecule has 2 aromatic rings. The molecule has 0 amide bonds. The zero-order valence-electron chi connectivity index (χ0n) is 13.0. The molecule has 114 valence electrons. The minimum absolute atomic E-state index is 0.0671. The van der Waals surface area contributed by atoms with Gasteiger partial charge in [-0.15, -0.1) is 0 Å². The molecule has 0 fully saturated rings. The second kappa shape index (κ2) is 6.74. The zero-order chi connectivity index (χ0) is 15.4. The summed E-state index contributed by atoms with van der Waals surface area (Å²) in [6.45, 7) is 6.65. The van der Waals surface area contributed by atoms with Crippen LogP contribution in [0.15, 0.2) is 27.4 Å². The third-order valence-electron chi connectivity index (χ3n) is 3.91. The van der Waals surface area contributed by atoms with Crippen LogP contribution in [0.2, 0.25) is 0 Å². The summed E-state index contributed by atoms with van der Waals surface area (Å²) in [5.41, 5.74) is 1.90. The van der Waals surface area contributed by atoms with Crippen molar-refractivity contribution in [1.29, 1.82) is 0 Å². The van der Waals surface area contributed by atoms with Crippen molar-refractivity contribution in [2.45, 2.75) is 53.0 Å². The van der Waals surface area contributed by atoms with Gasteiger partial charge >= 0.3 is 5.76 Å². The second-order valence-electron chi connectivity index (χ2n) is 5.43. The number of fused-ring (bicyclic) bond motifs is 1. The Balaban J connectivity index is 2.38. The Bertz CT molecular complexity index is 675. The first-order chi connectivity index (χ1) is 10.1. The Labute approximate surface area is 124 Å². The molecule has 0 saturated carbocycles. The van der Waals surface area contributed by atoms with Gasteiger partial charge in [0, 0.05) is 18.0 Å². The summed E-state index contributed by atoms with van der Waals surface area (Å²) >= 11 is 0. The summed E-state index contributed by atoms with van der Waals surface area (Å²) in [5, 5.41) is 0. The van der Waals surface area contributed by atoms with Crippen molar-refractivity contribution in [3.63, 3.8) is 0 Å². The molecule has 21 heavy (non-hydrogen) atoms. The lowest BCUT2D eigenvalue weighted by Gasteiger charge is -2.13. The van der Waals surface area contributed by atoms with E-state index in [9.17, 15) is 9.59 Å². The van der Waals surface area contributed by atoms with Gasteiger partial charge in [0.2, 0.25) is 0 Å². The molecule has 0 saturated heterocycles.